The van der Waals surface area contributed by atoms with E-state index in [1.54, 1.807) is 0 Å². The molecule has 12 rings (SSSR count). The SMILES string of the molecule is c1ccc2c(c1)ccc1c2oc2ccc3oc4cc(-c5c6ccccc6c(-c6ccc7c(c6)sc6ccccc67)c6ccccc56)ccc4c3c21. The summed E-state index contributed by atoms with van der Waals surface area (Å²) in [6.07, 6.45) is 0. The zero-order valence-corrected chi connectivity index (χ0v) is 28.1. The fraction of sp³-hybridized carbons (Fsp3) is 0. The molecule has 236 valence electrons. The van der Waals surface area contributed by atoms with Crippen molar-refractivity contribution < 1.29 is 8.83 Å². The minimum absolute atomic E-state index is 0.868. The van der Waals surface area contributed by atoms with Gasteiger partial charge in [0.2, 0.25) is 0 Å². The van der Waals surface area contributed by atoms with E-state index in [0.717, 1.165) is 54.8 Å². The predicted molar refractivity (Wildman–Crippen MR) is 217 cm³/mol. The van der Waals surface area contributed by atoms with E-state index in [-0.39, 0.29) is 0 Å². The molecule has 0 amide bonds. The Labute approximate surface area is 295 Å². The highest BCUT2D eigenvalue weighted by molar-refractivity contribution is 7.25. The first-order valence-electron chi connectivity index (χ1n) is 17.3. The van der Waals surface area contributed by atoms with Gasteiger partial charge in [0.1, 0.15) is 22.3 Å². The normalized spacial score (nSPS) is 12.3. The van der Waals surface area contributed by atoms with Crippen molar-refractivity contribution in [1.29, 1.82) is 0 Å². The molecule has 0 unspecified atom stereocenters. The van der Waals surface area contributed by atoms with E-state index in [1.807, 2.05) is 17.4 Å². The highest BCUT2D eigenvalue weighted by Crippen LogP contribution is 2.47. The lowest BCUT2D eigenvalue weighted by atomic mass is 9.85. The largest absolute Gasteiger partial charge is 0.456 e. The summed E-state index contributed by atoms with van der Waals surface area (Å²) in [7, 11) is 0. The number of benzene rings is 9. The van der Waals surface area contributed by atoms with Crippen molar-refractivity contribution in [3.8, 4) is 22.3 Å². The molecule has 3 aromatic heterocycles. The molecule has 0 radical (unpaired) electrons. The van der Waals surface area contributed by atoms with E-state index in [4.69, 9.17) is 8.83 Å². The van der Waals surface area contributed by atoms with Crippen LogP contribution in [0.15, 0.2) is 167 Å². The Morgan fingerprint density at radius 3 is 1.59 bits per heavy atom. The van der Waals surface area contributed by atoms with Crippen LogP contribution in [0.1, 0.15) is 0 Å². The van der Waals surface area contributed by atoms with E-state index in [0.29, 0.717) is 0 Å². The van der Waals surface area contributed by atoms with Crippen molar-refractivity contribution in [2.24, 2.45) is 0 Å². The van der Waals surface area contributed by atoms with Crippen molar-refractivity contribution >= 4 is 108 Å². The standard InChI is InChI=1S/C48H26O2S/c1-2-10-30-27(9-1)17-22-38-47-40(50-48(30)38)24-23-39-46(47)37-21-19-28(25-41(37)49-39)44-33-12-3-5-14-35(33)45(36-15-6-4-13-34(36)44)29-18-20-32-31-11-7-8-16-42(31)51-43(32)26-29/h1-26H. The highest BCUT2D eigenvalue weighted by Gasteiger charge is 2.21. The predicted octanol–water partition coefficient (Wildman–Crippen LogP) is 14.6. The number of hydrogen-bond acceptors (Lipinski definition) is 3. The number of rotatable bonds is 2. The van der Waals surface area contributed by atoms with Crippen molar-refractivity contribution in [3.63, 3.8) is 0 Å². The van der Waals surface area contributed by atoms with Gasteiger partial charge in [0.05, 0.1) is 0 Å². The fourth-order valence-electron chi connectivity index (χ4n) is 8.65. The Balaban J connectivity index is 1.11. The quantitative estimate of drug-likeness (QED) is 0.172. The third-order valence-corrected chi connectivity index (χ3v) is 12.0. The Morgan fingerprint density at radius 1 is 0.333 bits per heavy atom. The number of fused-ring (bicyclic) bond motifs is 14. The third kappa shape index (κ3) is 3.76. The number of furan rings is 2. The van der Waals surface area contributed by atoms with Crippen LogP contribution in [0.5, 0.6) is 0 Å². The van der Waals surface area contributed by atoms with Gasteiger partial charge in [0, 0.05) is 47.1 Å². The fourth-order valence-corrected chi connectivity index (χ4v) is 9.79. The molecular formula is C48H26O2S. The van der Waals surface area contributed by atoms with Gasteiger partial charge < -0.3 is 8.83 Å². The number of hydrogen-bond donors (Lipinski definition) is 0. The topological polar surface area (TPSA) is 26.3 Å². The van der Waals surface area contributed by atoms with Crippen LogP contribution in [-0.2, 0) is 0 Å². The van der Waals surface area contributed by atoms with Crippen LogP contribution in [0.2, 0.25) is 0 Å². The van der Waals surface area contributed by atoms with Crippen LogP contribution in [0.25, 0.3) is 119 Å². The van der Waals surface area contributed by atoms with Crippen LogP contribution in [0.4, 0.5) is 0 Å². The van der Waals surface area contributed by atoms with Gasteiger partial charge in [0.15, 0.2) is 0 Å². The molecule has 9 aromatic carbocycles. The van der Waals surface area contributed by atoms with E-state index >= 15 is 0 Å². The summed E-state index contributed by atoms with van der Waals surface area (Å²) in [5.74, 6) is 0. The van der Waals surface area contributed by atoms with E-state index in [1.165, 1.54) is 63.8 Å². The molecule has 51 heavy (non-hydrogen) atoms. The Hall–Kier alpha value is -6.42. The van der Waals surface area contributed by atoms with Gasteiger partial charge in [-0.05, 0) is 91.6 Å². The van der Waals surface area contributed by atoms with Crippen molar-refractivity contribution in [1.82, 2.24) is 0 Å². The average molecular weight is 667 g/mol. The lowest BCUT2D eigenvalue weighted by Crippen LogP contribution is -1.90. The number of thiophene rings is 1. The second kappa shape index (κ2) is 10.1. The molecule has 0 spiro atoms. The van der Waals surface area contributed by atoms with E-state index in [9.17, 15) is 0 Å². The summed E-state index contributed by atoms with van der Waals surface area (Å²) in [4.78, 5) is 0. The first kappa shape index (κ1) is 27.4. The maximum Gasteiger partial charge on any atom is 0.143 e. The second-order valence-corrected chi connectivity index (χ2v) is 14.6. The van der Waals surface area contributed by atoms with Gasteiger partial charge in [-0.1, -0.05) is 115 Å². The maximum atomic E-state index is 6.67. The molecule has 0 aliphatic rings. The van der Waals surface area contributed by atoms with E-state index < -0.39 is 0 Å². The van der Waals surface area contributed by atoms with Gasteiger partial charge in [0.25, 0.3) is 0 Å². The molecular weight excluding hydrogens is 641 g/mol. The van der Waals surface area contributed by atoms with Gasteiger partial charge >= 0.3 is 0 Å². The van der Waals surface area contributed by atoms with Crippen LogP contribution in [0, 0.1) is 0 Å². The minimum atomic E-state index is 0.868. The molecule has 0 aliphatic carbocycles. The first-order valence-corrected chi connectivity index (χ1v) is 18.1. The lowest BCUT2D eigenvalue weighted by Gasteiger charge is -2.17. The summed E-state index contributed by atoms with van der Waals surface area (Å²) in [5, 5.41) is 14.3. The summed E-state index contributed by atoms with van der Waals surface area (Å²) in [6.45, 7) is 0. The zero-order chi connectivity index (χ0) is 33.2. The smallest absolute Gasteiger partial charge is 0.143 e. The van der Waals surface area contributed by atoms with Crippen LogP contribution >= 0.6 is 11.3 Å². The van der Waals surface area contributed by atoms with Gasteiger partial charge in [-0.25, -0.2) is 0 Å². The van der Waals surface area contributed by atoms with Crippen LogP contribution in [0.3, 0.4) is 0 Å². The van der Waals surface area contributed by atoms with Gasteiger partial charge in [-0.3, -0.25) is 0 Å². The summed E-state index contributed by atoms with van der Waals surface area (Å²) >= 11 is 1.87. The highest BCUT2D eigenvalue weighted by atomic mass is 32.1. The molecule has 12 aromatic rings. The zero-order valence-electron chi connectivity index (χ0n) is 27.2. The Kier molecular flexibility index (Phi) is 5.41. The summed E-state index contributed by atoms with van der Waals surface area (Å²) < 4.78 is 15.8. The van der Waals surface area contributed by atoms with E-state index in [2.05, 4.69) is 152 Å². The maximum absolute atomic E-state index is 6.67. The Bertz CT molecular complexity index is 3370. The molecule has 0 bridgehead atoms. The first-order chi connectivity index (χ1) is 25.3. The molecule has 0 aliphatic heterocycles. The second-order valence-electron chi connectivity index (χ2n) is 13.5. The molecule has 3 heterocycles. The van der Waals surface area contributed by atoms with Crippen LogP contribution in [-0.4, -0.2) is 0 Å². The van der Waals surface area contributed by atoms with Gasteiger partial charge in [-0.15, -0.1) is 11.3 Å². The molecule has 0 N–H and O–H groups in total. The van der Waals surface area contributed by atoms with Crippen molar-refractivity contribution in [3.05, 3.63) is 158 Å². The Morgan fingerprint density at radius 2 is 0.863 bits per heavy atom. The summed E-state index contributed by atoms with van der Waals surface area (Å²) in [5.41, 5.74) is 8.42. The molecule has 0 saturated heterocycles. The molecule has 2 nitrogen and oxygen atoms in total. The van der Waals surface area contributed by atoms with Crippen molar-refractivity contribution in [2.45, 2.75) is 0 Å². The monoisotopic (exact) mass is 666 g/mol. The average Bonchev–Trinajstić information content (AvgIpc) is 3.87. The molecule has 0 saturated carbocycles. The molecule has 0 fully saturated rings. The third-order valence-electron chi connectivity index (χ3n) is 10.8. The molecule has 0 atom stereocenters. The lowest BCUT2D eigenvalue weighted by molar-refractivity contribution is 0.664. The van der Waals surface area contributed by atoms with Crippen LogP contribution < -0.4 is 0 Å². The summed E-state index contributed by atoms with van der Waals surface area (Å²) in [6, 6.07) is 57.1. The minimum Gasteiger partial charge on any atom is -0.456 e. The van der Waals surface area contributed by atoms with Crippen molar-refractivity contribution in [2.75, 3.05) is 0 Å². The van der Waals surface area contributed by atoms with Gasteiger partial charge in [-0.2, -0.15) is 0 Å². The molecule has 3 heteroatoms.